The van der Waals surface area contributed by atoms with Crippen LogP contribution in [-0.4, -0.2) is 19.2 Å². The molecule has 0 saturated heterocycles. The van der Waals surface area contributed by atoms with Crippen LogP contribution in [-0.2, 0) is 0 Å². The van der Waals surface area contributed by atoms with Crippen LogP contribution in [0, 0.1) is 12.8 Å². The zero-order valence-corrected chi connectivity index (χ0v) is 12.1. The van der Waals surface area contributed by atoms with Crippen LogP contribution < -0.4 is 10.1 Å². The van der Waals surface area contributed by atoms with E-state index in [-0.39, 0.29) is 0 Å². The quantitative estimate of drug-likeness (QED) is 0.811. The van der Waals surface area contributed by atoms with Crippen LogP contribution in [0.25, 0.3) is 0 Å². The van der Waals surface area contributed by atoms with Crippen molar-refractivity contribution in [2.24, 2.45) is 5.92 Å². The Morgan fingerprint density at radius 2 is 2.24 bits per heavy atom. The van der Waals surface area contributed by atoms with Crippen LogP contribution in [0.5, 0.6) is 5.75 Å². The molecule has 1 saturated carbocycles. The monoisotopic (exact) mass is 297 g/mol. The van der Waals surface area contributed by atoms with E-state index in [0.717, 1.165) is 29.3 Å². The average Bonchev–Trinajstić information content (AvgIpc) is 3.12. The van der Waals surface area contributed by atoms with Gasteiger partial charge >= 0.3 is 0 Å². The van der Waals surface area contributed by atoms with Gasteiger partial charge in [0.15, 0.2) is 0 Å². The lowest BCUT2D eigenvalue weighted by Gasteiger charge is -2.14. The molecular weight excluding hydrogens is 278 g/mol. The molecule has 1 aromatic carbocycles. The average molecular weight is 298 g/mol. The van der Waals surface area contributed by atoms with E-state index in [4.69, 9.17) is 4.74 Å². The maximum atomic E-state index is 5.78. The van der Waals surface area contributed by atoms with E-state index in [1.54, 1.807) is 0 Å². The van der Waals surface area contributed by atoms with Gasteiger partial charge in [0.05, 0.1) is 0 Å². The van der Waals surface area contributed by atoms with Crippen LogP contribution in [0.3, 0.4) is 0 Å². The molecule has 0 aromatic heterocycles. The number of halogens is 1. The summed E-state index contributed by atoms with van der Waals surface area (Å²) < 4.78 is 6.84. The Bertz CT molecular complexity index is 376. The highest BCUT2D eigenvalue weighted by Gasteiger charge is 2.27. The Labute approximate surface area is 112 Å². The van der Waals surface area contributed by atoms with Crippen molar-refractivity contribution < 1.29 is 4.74 Å². The molecule has 1 aliphatic rings. The lowest BCUT2D eigenvalue weighted by atomic mass is 10.2. The normalized spacial score (nSPS) is 16.9. The molecule has 0 bridgehead atoms. The number of rotatable bonds is 6. The van der Waals surface area contributed by atoms with Gasteiger partial charge in [-0.25, -0.2) is 0 Å². The van der Waals surface area contributed by atoms with Gasteiger partial charge in [0.25, 0.3) is 0 Å². The second-order valence-electron chi connectivity index (χ2n) is 4.84. The molecule has 0 aliphatic heterocycles. The van der Waals surface area contributed by atoms with Crippen molar-refractivity contribution in [1.82, 2.24) is 5.32 Å². The molecule has 0 heterocycles. The number of nitrogens with one attached hydrogen (secondary N) is 1. The topological polar surface area (TPSA) is 21.3 Å². The fourth-order valence-corrected chi connectivity index (χ4v) is 2.28. The first-order valence-electron chi connectivity index (χ1n) is 6.29. The summed E-state index contributed by atoms with van der Waals surface area (Å²) in [4.78, 5) is 0. The Morgan fingerprint density at radius 1 is 1.47 bits per heavy atom. The van der Waals surface area contributed by atoms with E-state index in [2.05, 4.69) is 41.2 Å². The lowest BCUT2D eigenvalue weighted by molar-refractivity contribution is 0.301. The van der Waals surface area contributed by atoms with Crippen molar-refractivity contribution >= 4 is 15.9 Å². The highest BCUT2D eigenvalue weighted by molar-refractivity contribution is 9.10. The molecule has 2 nitrogen and oxygen atoms in total. The van der Waals surface area contributed by atoms with E-state index in [9.17, 15) is 0 Å². The van der Waals surface area contributed by atoms with Gasteiger partial charge in [-0.3, -0.25) is 0 Å². The van der Waals surface area contributed by atoms with Gasteiger partial charge in [0.2, 0.25) is 0 Å². The summed E-state index contributed by atoms with van der Waals surface area (Å²) in [7, 11) is 0. The van der Waals surface area contributed by atoms with Crippen molar-refractivity contribution in [2.75, 3.05) is 13.2 Å². The molecule has 2 rings (SSSR count). The van der Waals surface area contributed by atoms with Crippen LogP contribution in [0.4, 0.5) is 0 Å². The molecule has 3 heteroatoms. The van der Waals surface area contributed by atoms with Gasteiger partial charge in [-0.2, -0.15) is 0 Å². The molecule has 94 valence electrons. The molecule has 1 unspecified atom stereocenters. The minimum Gasteiger partial charge on any atom is -0.492 e. The van der Waals surface area contributed by atoms with E-state index < -0.39 is 0 Å². The predicted molar refractivity (Wildman–Crippen MR) is 74.6 cm³/mol. The van der Waals surface area contributed by atoms with Crippen LogP contribution in [0.2, 0.25) is 0 Å². The fraction of sp³-hybridized carbons (Fsp3) is 0.571. The maximum absolute atomic E-state index is 5.78. The van der Waals surface area contributed by atoms with Gasteiger partial charge in [-0.1, -0.05) is 22.0 Å². The summed E-state index contributed by atoms with van der Waals surface area (Å²) in [5.41, 5.74) is 1.18. The third kappa shape index (κ3) is 4.00. The van der Waals surface area contributed by atoms with E-state index in [0.29, 0.717) is 6.04 Å². The van der Waals surface area contributed by atoms with Crippen molar-refractivity contribution in [3.05, 3.63) is 28.2 Å². The second kappa shape index (κ2) is 5.87. The molecular formula is C14H20BrNO. The van der Waals surface area contributed by atoms with Gasteiger partial charge in [0, 0.05) is 17.1 Å². The summed E-state index contributed by atoms with van der Waals surface area (Å²) >= 11 is 3.46. The summed E-state index contributed by atoms with van der Waals surface area (Å²) in [5, 5.41) is 3.51. The fourth-order valence-electron chi connectivity index (χ4n) is 1.94. The molecule has 17 heavy (non-hydrogen) atoms. The standard InChI is InChI=1S/C14H20BrNO/c1-10-3-6-13(15)9-14(10)17-8-7-16-11(2)12-4-5-12/h3,6,9,11-12,16H,4-5,7-8H2,1-2H3. The summed E-state index contributed by atoms with van der Waals surface area (Å²) in [6.07, 6.45) is 2.78. The number of hydrogen-bond donors (Lipinski definition) is 1. The Hall–Kier alpha value is -0.540. The zero-order valence-electron chi connectivity index (χ0n) is 10.5. The maximum Gasteiger partial charge on any atom is 0.123 e. The molecule has 1 aliphatic carbocycles. The minimum atomic E-state index is 0.641. The van der Waals surface area contributed by atoms with Crippen LogP contribution >= 0.6 is 15.9 Å². The molecule has 0 amide bonds. The van der Waals surface area contributed by atoms with Gasteiger partial charge in [0.1, 0.15) is 12.4 Å². The minimum absolute atomic E-state index is 0.641. The Balaban J connectivity index is 1.71. The first-order chi connectivity index (χ1) is 8.16. The second-order valence-corrected chi connectivity index (χ2v) is 5.75. The van der Waals surface area contributed by atoms with Crippen molar-refractivity contribution in [2.45, 2.75) is 32.7 Å². The van der Waals surface area contributed by atoms with Crippen molar-refractivity contribution in [3.8, 4) is 5.75 Å². The molecule has 0 radical (unpaired) electrons. The molecule has 0 spiro atoms. The van der Waals surface area contributed by atoms with Crippen LogP contribution in [0.15, 0.2) is 22.7 Å². The third-order valence-electron chi connectivity index (χ3n) is 3.31. The predicted octanol–water partition coefficient (Wildman–Crippen LogP) is 3.52. The van der Waals surface area contributed by atoms with Gasteiger partial charge in [-0.05, 0) is 50.3 Å². The lowest BCUT2D eigenvalue weighted by Crippen LogP contribution is -2.31. The van der Waals surface area contributed by atoms with E-state index >= 15 is 0 Å². The molecule has 1 N–H and O–H groups in total. The third-order valence-corrected chi connectivity index (χ3v) is 3.80. The number of aryl methyl sites for hydroxylation is 1. The van der Waals surface area contributed by atoms with Crippen molar-refractivity contribution in [1.29, 1.82) is 0 Å². The van der Waals surface area contributed by atoms with E-state index in [1.807, 2.05) is 12.1 Å². The highest BCUT2D eigenvalue weighted by atomic mass is 79.9. The number of hydrogen-bond acceptors (Lipinski definition) is 2. The molecule has 1 aromatic rings. The summed E-state index contributed by atoms with van der Waals surface area (Å²) in [6, 6.07) is 6.77. The first kappa shape index (κ1) is 12.9. The smallest absolute Gasteiger partial charge is 0.123 e. The number of ether oxygens (including phenoxy) is 1. The summed E-state index contributed by atoms with van der Waals surface area (Å²) in [6.45, 7) is 5.99. The van der Waals surface area contributed by atoms with Gasteiger partial charge < -0.3 is 10.1 Å². The molecule has 1 atom stereocenters. The van der Waals surface area contributed by atoms with E-state index in [1.165, 1.54) is 18.4 Å². The zero-order chi connectivity index (χ0) is 12.3. The molecule has 1 fully saturated rings. The summed E-state index contributed by atoms with van der Waals surface area (Å²) in [5.74, 6) is 1.88. The Kier molecular flexibility index (Phi) is 4.46. The number of benzene rings is 1. The first-order valence-corrected chi connectivity index (χ1v) is 7.08. The van der Waals surface area contributed by atoms with Crippen LogP contribution in [0.1, 0.15) is 25.3 Å². The SMILES string of the molecule is Cc1ccc(Br)cc1OCCNC(C)C1CC1. The van der Waals surface area contributed by atoms with Crippen molar-refractivity contribution in [3.63, 3.8) is 0 Å². The Morgan fingerprint density at radius 3 is 2.94 bits per heavy atom. The largest absolute Gasteiger partial charge is 0.492 e. The highest BCUT2D eigenvalue weighted by Crippen LogP contribution is 2.32. The van der Waals surface area contributed by atoms with Gasteiger partial charge in [-0.15, -0.1) is 0 Å².